The Bertz CT molecular complexity index is 964. The fourth-order valence-electron chi connectivity index (χ4n) is 4.04. The highest BCUT2D eigenvalue weighted by molar-refractivity contribution is 7.80. The van der Waals surface area contributed by atoms with Crippen LogP contribution in [0.4, 0.5) is 15.8 Å². The fourth-order valence-corrected chi connectivity index (χ4v) is 4.37. The molecule has 2 aliphatic heterocycles. The van der Waals surface area contributed by atoms with Crippen LogP contribution >= 0.6 is 12.2 Å². The zero-order valence-corrected chi connectivity index (χ0v) is 18.5. The maximum absolute atomic E-state index is 13.2. The van der Waals surface area contributed by atoms with Crippen LogP contribution in [-0.2, 0) is 9.59 Å². The van der Waals surface area contributed by atoms with Gasteiger partial charge in [0.2, 0.25) is 11.8 Å². The van der Waals surface area contributed by atoms with E-state index in [1.54, 1.807) is 17.0 Å². The van der Waals surface area contributed by atoms with Crippen molar-refractivity contribution in [3.8, 4) is 0 Å². The number of piperazine rings is 2. The minimum atomic E-state index is -0.677. The van der Waals surface area contributed by atoms with Gasteiger partial charge in [-0.15, -0.1) is 0 Å². The second-order valence-electron chi connectivity index (χ2n) is 7.84. The third kappa shape index (κ3) is 5.16. The predicted octanol–water partition coefficient (Wildman–Crippen LogP) is 2.06. The van der Waals surface area contributed by atoms with Crippen LogP contribution in [0.3, 0.4) is 0 Å². The van der Waals surface area contributed by atoms with E-state index in [2.05, 4.69) is 27.7 Å². The number of anilines is 2. The molecule has 2 aromatic rings. The van der Waals surface area contributed by atoms with Crippen molar-refractivity contribution in [1.29, 1.82) is 0 Å². The average molecular weight is 456 g/mol. The molecule has 2 heterocycles. The van der Waals surface area contributed by atoms with Crippen LogP contribution in [0.1, 0.15) is 6.42 Å². The summed E-state index contributed by atoms with van der Waals surface area (Å²) >= 11 is 5.51. The van der Waals surface area contributed by atoms with Crippen LogP contribution in [0.5, 0.6) is 0 Å². The van der Waals surface area contributed by atoms with E-state index in [4.69, 9.17) is 12.2 Å². The van der Waals surface area contributed by atoms with E-state index in [0.717, 1.165) is 18.8 Å². The Morgan fingerprint density at radius 1 is 1.03 bits per heavy atom. The van der Waals surface area contributed by atoms with Crippen molar-refractivity contribution < 1.29 is 14.0 Å². The van der Waals surface area contributed by atoms with Crippen LogP contribution in [0.2, 0.25) is 0 Å². The summed E-state index contributed by atoms with van der Waals surface area (Å²) in [6.07, 6.45) is 0.0579. The van der Waals surface area contributed by atoms with Crippen LogP contribution < -0.4 is 15.5 Å². The number of carbonyl (C=O) groups is 2. The highest BCUT2D eigenvalue weighted by Crippen LogP contribution is 2.18. The lowest BCUT2D eigenvalue weighted by Gasteiger charge is -2.39. The molecule has 0 bridgehead atoms. The zero-order chi connectivity index (χ0) is 22.5. The molecular formula is C23H26FN5O2S. The number of rotatable bonds is 4. The third-order valence-corrected chi connectivity index (χ3v) is 6.15. The molecule has 2 aromatic carbocycles. The van der Waals surface area contributed by atoms with Gasteiger partial charge in [0, 0.05) is 50.6 Å². The number of benzene rings is 2. The zero-order valence-electron chi connectivity index (χ0n) is 17.7. The van der Waals surface area contributed by atoms with Gasteiger partial charge in [-0.1, -0.05) is 18.2 Å². The molecule has 168 valence electrons. The monoisotopic (exact) mass is 455 g/mol. The molecule has 0 aromatic heterocycles. The Labute approximate surface area is 192 Å². The molecule has 2 aliphatic rings. The number of nitrogens with one attached hydrogen (secondary N) is 2. The van der Waals surface area contributed by atoms with Crippen LogP contribution in [0.15, 0.2) is 54.6 Å². The van der Waals surface area contributed by atoms with E-state index in [-0.39, 0.29) is 24.1 Å². The molecule has 7 nitrogen and oxygen atoms in total. The van der Waals surface area contributed by atoms with Gasteiger partial charge in [-0.3, -0.25) is 9.59 Å². The minimum absolute atomic E-state index is 0.0579. The second-order valence-corrected chi connectivity index (χ2v) is 8.23. The quantitative estimate of drug-likeness (QED) is 0.688. The van der Waals surface area contributed by atoms with Crippen molar-refractivity contribution in [3.05, 3.63) is 60.4 Å². The van der Waals surface area contributed by atoms with Gasteiger partial charge in [-0.2, -0.15) is 0 Å². The summed E-state index contributed by atoms with van der Waals surface area (Å²) in [5.74, 6) is -0.611. The Balaban J connectivity index is 1.36. The number of para-hydroxylation sites is 1. The summed E-state index contributed by atoms with van der Waals surface area (Å²) < 4.78 is 13.2. The molecule has 4 rings (SSSR count). The smallest absolute Gasteiger partial charge is 0.243 e. The first-order valence-corrected chi connectivity index (χ1v) is 11.1. The highest BCUT2D eigenvalue weighted by Gasteiger charge is 2.35. The van der Waals surface area contributed by atoms with Gasteiger partial charge in [0.1, 0.15) is 11.9 Å². The number of carbonyl (C=O) groups excluding carboxylic acids is 2. The molecule has 0 spiro atoms. The first-order valence-electron chi connectivity index (χ1n) is 10.7. The predicted molar refractivity (Wildman–Crippen MR) is 126 cm³/mol. The van der Waals surface area contributed by atoms with Crippen molar-refractivity contribution >= 4 is 40.5 Å². The molecular weight excluding hydrogens is 429 g/mol. The van der Waals surface area contributed by atoms with Gasteiger partial charge in [-0.25, -0.2) is 4.39 Å². The SMILES string of the molecule is O=C1NCCN(C(=S)Nc2ccc(F)cc2)[C@@H]1CC(=O)N1CCN(c2ccccc2)CC1. The Hall–Kier alpha value is -3.20. The van der Waals surface area contributed by atoms with Gasteiger partial charge < -0.3 is 25.3 Å². The molecule has 0 radical (unpaired) electrons. The molecule has 2 amide bonds. The molecule has 0 saturated carbocycles. The van der Waals surface area contributed by atoms with E-state index in [9.17, 15) is 14.0 Å². The lowest BCUT2D eigenvalue weighted by atomic mass is 10.1. The number of amides is 2. The Morgan fingerprint density at radius 2 is 1.72 bits per heavy atom. The molecule has 0 aliphatic carbocycles. The Kier molecular flexibility index (Phi) is 6.84. The molecule has 2 saturated heterocycles. The topological polar surface area (TPSA) is 67.9 Å². The molecule has 2 fully saturated rings. The number of halogens is 1. The summed E-state index contributed by atoms with van der Waals surface area (Å²) in [7, 11) is 0. The summed E-state index contributed by atoms with van der Waals surface area (Å²) in [6, 6.07) is 15.3. The van der Waals surface area contributed by atoms with E-state index in [1.165, 1.54) is 12.1 Å². The van der Waals surface area contributed by atoms with Crippen LogP contribution in [0, 0.1) is 5.82 Å². The van der Waals surface area contributed by atoms with Gasteiger partial charge >= 0.3 is 0 Å². The van der Waals surface area contributed by atoms with Crippen LogP contribution in [0.25, 0.3) is 0 Å². The first-order chi connectivity index (χ1) is 15.5. The van der Waals surface area contributed by atoms with Crippen molar-refractivity contribution in [2.24, 2.45) is 0 Å². The summed E-state index contributed by atoms with van der Waals surface area (Å²) in [5.41, 5.74) is 1.78. The van der Waals surface area contributed by atoms with Crippen molar-refractivity contribution in [2.75, 3.05) is 49.5 Å². The van der Waals surface area contributed by atoms with Crippen molar-refractivity contribution in [3.63, 3.8) is 0 Å². The van der Waals surface area contributed by atoms with Crippen molar-refractivity contribution in [1.82, 2.24) is 15.1 Å². The first kappa shape index (κ1) is 22.0. The number of nitrogens with zero attached hydrogens (tertiary/aromatic N) is 3. The van der Waals surface area contributed by atoms with E-state index < -0.39 is 6.04 Å². The lowest BCUT2D eigenvalue weighted by Crippen LogP contribution is -2.60. The van der Waals surface area contributed by atoms with Crippen LogP contribution in [-0.4, -0.2) is 72.0 Å². The van der Waals surface area contributed by atoms with Gasteiger partial charge in [-0.05, 0) is 48.6 Å². The maximum Gasteiger partial charge on any atom is 0.243 e. The lowest BCUT2D eigenvalue weighted by molar-refractivity contribution is -0.137. The normalized spacial score (nSPS) is 18.8. The standard InChI is InChI=1S/C23H26FN5O2S/c24-17-6-8-18(9-7-17)26-23(32)29-11-10-25-22(31)20(29)16-21(30)28-14-12-27(13-15-28)19-4-2-1-3-5-19/h1-9,20H,10-16H2,(H,25,31)(H,26,32)/t20-/m1/s1. The van der Waals surface area contributed by atoms with Crippen molar-refractivity contribution in [2.45, 2.75) is 12.5 Å². The molecule has 32 heavy (non-hydrogen) atoms. The summed E-state index contributed by atoms with van der Waals surface area (Å²) in [5, 5.41) is 6.22. The molecule has 9 heteroatoms. The number of hydrogen-bond acceptors (Lipinski definition) is 4. The Morgan fingerprint density at radius 3 is 2.41 bits per heavy atom. The highest BCUT2D eigenvalue weighted by atomic mass is 32.1. The molecule has 2 N–H and O–H groups in total. The van der Waals surface area contributed by atoms with Gasteiger partial charge in [0.15, 0.2) is 5.11 Å². The number of hydrogen-bond donors (Lipinski definition) is 2. The number of thiocarbonyl (C=S) groups is 1. The van der Waals surface area contributed by atoms with Gasteiger partial charge in [0.05, 0.1) is 6.42 Å². The molecule has 1 atom stereocenters. The maximum atomic E-state index is 13.2. The molecule has 0 unspecified atom stereocenters. The van der Waals surface area contributed by atoms with E-state index in [0.29, 0.717) is 37.0 Å². The summed E-state index contributed by atoms with van der Waals surface area (Å²) in [4.78, 5) is 31.4. The second kappa shape index (κ2) is 9.95. The fraction of sp³-hybridized carbons (Fsp3) is 0.348. The van der Waals surface area contributed by atoms with E-state index in [1.807, 2.05) is 23.1 Å². The van der Waals surface area contributed by atoms with Gasteiger partial charge in [0.25, 0.3) is 0 Å². The summed E-state index contributed by atoms with van der Waals surface area (Å²) in [6.45, 7) is 3.67. The van der Waals surface area contributed by atoms with E-state index >= 15 is 0 Å². The third-order valence-electron chi connectivity index (χ3n) is 5.81. The largest absolute Gasteiger partial charge is 0.368 e. The minimum Gasteiger partial charge on any atom is -0.368 e. The average Bonchev–Trinajstić information content (AvgIpc) is 2.82.